The second-order valence-corrected chi connectivity index (χ2v) is 8.63. The first kappa shape index (κ1) is 17.3. The van der Waals surface area contributed by atoms with Gasteiger partial charge in [0.2, 0.25) is 10.0 Å². The SMILES string of the molecule is O=S(=O)(NCC1CCN(c2cccnc2)CC1)c1ccc2c(c1)CCO2. The molecule has 4 rings (SSSR count). The molecule has 0 unspecified atom stereocenters. The van der Waals surface area contributed by atoms with E-state index in [1.54, 1.807) is 24.4 Å². The lowest BCUT2D eigenvalue weighted by atomic mass is 9.97. The fourth-order valence-corrected chi connectivity index (χ4v) is 4.74. The quantitative estimate of drug-likeness (QED) is 0.870. The van der Waals surface area contributed by atoms with Crippen molar-refractivity contribution >= 4 is 15.7 Å². The molecule has 0 aliphatic carbocycles. The van der Waals surface area contributed by atoms with Gasteiger partial charge in [0.25, 0.3) is 0 Å². The van der Waals surface area contributed by atoms with Gasteiger partial charge in [0, 0.05) is 32.3 Å². The van der Waals surface area contributed by atoms with Crippen LogP contribution in [0.15, 0.2) is 47.6 Å². The molecule has 3 heterocycles. The lowest BCUT2D eigenvalue weighted by Gasteiger charge is -2.33. The summed E-state index contributed by atoms with van der Waals surface area (Å²) < 4.78 is 33.4. The normalized spacial score (nSPS) is 17.8. The highest BCUT2D eigenvalue weighted by molar-refractivity contribution is 7.89. The zero-order valence-electron chi connectivity index (χ0n) is 14.6. The first-order valence-corrected chi connectivity index (χ1v) is 10.5. The van der Waals surface area contributed by atoms with Crippen molar-refractivity contribution < 1.29 is 13.2 Å². The molecule has 2 aliphatic heterocycles. The molecule has 1 saturated heterocycles. The van der Waals surface area contributed by atoms with E-state index in [1.807, 2.05) is 12.3 Å². The van der Waals surface area contributed by atoms with Crippen molar-refractivity contribution in [2.75, 3.05) is 31.1 Å². The van der Waals surface area contributed by atoms with Gasteiger partial charge < -0.3 is 9.64 Å². The largest absolute Gasteiger partial charge is 0.493 e. The number of piperidine rings is 1. The second kappa shape index (κ2) is 7.25. The summed E-state index contributed by atoms with van der Waals surface area (Å²) in [4.78, 5) is 6.80. The molecular weight excluding hydrogens is 350 g/mol. The predicted octanol–water partition coefficient (Wildman–Crippen LogP) is 2.21. The Bertz CT molecular complexity index is 863. The van der Waals surface area contributed by atoms with E-state index in [4.69, 9.17) is 4.74 Å². The minimum atomic E-state index is -3.48. The molecule has 0 radical (unpaired) electrons. The number of fused-ring (bicyclic) bond motifs is 1. The van der Waals surface area contributed by atoms with E-state index in [1.165, 1.54) is 0 Å². The molecule has 0 amide bonds. The number of sulfonamides is 1. The standard InChI is InChI=1S/C19H23N3O3S/c23-26(24,18-3-4-19-16(12-18)7-11-25-19)21-13-15-5-9-22(10-6-15)17-2-1-8-20-14-17/h1-4,8,12,14-15,21H,5-7,9-11,13H2. The van der Waals surface area contributed by atoms with E-state index in [9.17, 15) is 8.42 Å². The van der Waals surface area contributed by atoms with Gasteiger partial charge in [-0.3, -0.25) is 4.98 Å². The average Bonchev–Trinajstić information content (AvgIpc) is 3.15. The fraction of sp³-hybridized carbons (Fsp3) is 0.421. The van der Waals surface area contributed by atoms with Crippen molar-refractivity contribution in [3.63, 3.8) is 0 Å². The number of nitrogens with zero attached hydrogens (tertiary/aromatic N) is 2. The highest BCUT2D eigenvalue weighted by Crippen LogP contribution is 2.28. The molecule has 0 spiro atoms. The molecule has 1 aromatic heterocycles. The number of pyridine rings is 1. The summed E-state index contributed by atoms with van der Waals surface area (Å²) >= 11 is 0. The first-order chi connectivity index (χ1) is 12.6. The van der Waals surface area contributed by atoms with Crippen LogP contribution in [0.2, 0.25) is 0 Å². The van der Waals surface area contributed by atoms with Crippen LogP contribution in [0.3, 0.4) is 0 Å². The Morgan fingerprint density at radius 2 is 2.08 bits per heavy atom. The number of aromatic nitrogens is 1. The highest BCUT2D eigenvalue weighted by Gasteiger charge is 2.23. The van der Waals surface area contributed by atoms with Gasteiger partial charge in [-0.2, -0.15) is 0 Å². The maximum atomic E-state index is 12.6. The summed E-state index contributed by atoms with van der Waals surface area (Å²) in [6, 6.07) is 9.11. The number of hydrogen-bond donors (Lipinski definition) is 1. The Kier molecular flexibility index (Phi) is 4.82. The molecule has 6 nitrogen and oxygen atoms in total. The van der Waals surface area contributed by atoms with Crippen LogP contribution < -0.4 is 14.4 Å². The smallest absolute Gasteiger partial charge is 0.240 e. The van der Waals surface area contributed by atoms with Crippen molar-refractivity contribution in [3.05, 3.63) is 48.3 Å². The molecule has 0 bridgehead atoms. The molecule has 2 aliphatic rings. The van der Waals surface area contributed by atoms with Gasteiger partial charge in [-0.15, -0.1) is 0 Å². The predicted molar refractivity (Wildman–Crippen MR) is 100 cm³/mol. The van der Waals surface area contributed by atoms with Gasteiger partial charge in [-0.25, -0.2) is 13.1 Å². The molecule has 7 heteroatoms. The first-order valence-electron chi connectivity index (χ1n) is 9.02. The monoisotopic (exact) mass is 373 g/mol. The number of anilines is 1. The van der Waals surface area contributed by atoms with Crippen LogP contribution in [0.1, 0.15) is 18.4 Å². The molecule has 2 aromatic rings. The van der Waals surface area contributed by atoms with Gasteiger partial charge in [-0.05, 0) is 54.7 Å². The van der Waals surface area contributed by atoms with Gasteiger partial charge >= 0.3 is 0 Å². The Balaban J connectivity index is 1.33. The Morgan fingerprint density at radius 1 is 1.23 bits per heavy atom. The lowest BCUT2D eigenvalue weighted by Crippen LogP contribution is -2.38. The topological polar surface area (TPSA) is 71.5 Å². The van der Waals surface area contributed by atoms with Crippen LogP contribution >= 0.6 is 0 Å². The Labute approximate surface area is 154 Å². The van der Waals surface area contributed by atoms with Crippen molar-refractivity contribution in [2.24, 2.45) is 5.92 Å². The zero-order valence-corrected chi connectivity index (χ0v) is 15.4. The molecule has 1 N–H and O–H groups in total. The van der Waals surface area contributed by atoms with Crippen LogP contribution in [0.25, 0.3) is 0 Å². The van der Waals surface area contributed by atoms with Crippen LogP contribution in [0.5, 0.6) is 5.75 Å². The van der Waals surface area contributed by atoms with Crippen molar-refractivity contribution in [3.8, 4) is 5.75 Å². The number of nitrogens with one attached hydrogen (secondary N) is 1. The van der Waals surface area contributed by atoms with Crippen molar-refractivity contribution in [2.45, 2.75) is 24.2 Å². The summed E-state index contributed by atoms with van der Waals surface area (Å²) in [7, 11) is -3.48. The van der Waals surface area contributed by atoms with Crippen molar-refractivity contribution in [1.82, 2.24) is 9.71 Å². The third-order valence-electron chi connectivity index (χ3n) is 5.16. The van der Waals surface area contributed by atoms with Crippen LogP contribution in [-0.4, -0.2) is 39.6 Å². The average molecular weight is 373 g/mol. The van der Waals surface area contributed by atoms with E-state index in [-0.39, 0.29) is 0 Å². The molecule has 26 heavy (non-hydrogen) atoms. The van der Waals surface area contributed by atoms with E-state index >= 15 is 0 Å². The summed E-state index contributed by atoms with van der Waals surface area (Å²) in [5, 5.41) is 0. The van der Waals surface area contributed by atoms with Gasteiger partial charge in [0.15, 0.2) is 0 Å². The Morgan fingerprint density at radius 3 is 2.85 bits per heavy atom. The molecule has 0 saturated carbocycles. The Hall–Kier alpha value is -2.12. The van der Waals surface area contributed by atoms with Gasteiger partial charge in [0.05, 0.1) is 23.4 Å². The molecule has 138 valence electrons. The third kappa shape index (κ3) is 3.68. The maximum Gasteiger partial charge on any atom is 0.240 e. The molecule has 0 atom stereocenters. The molecule has 1 aromatic carbocycles. The highest BCUT2D eigenvalue weighted by atomic mass is 32.2. The van der Waals surface area contributed by atoms with E-state index < -0.39 is 10.0 Å². The molecular formula is C19H23N3O3S. The van der Waals surface area contributed by atoms with Crippen molar-refractivity contribution in [1.29, 1.82) is 0 Å². The van der Waals surface area contributed by atoms with Gasteiger partial charge in [-0.1, -0.05) is 0 Å². The molecule has 1 fully saturated rings. The van der Waals surface area contributed by atoms with E-state index in [0.29, 0.717) is 24.0 Å². The lowest BCUT2D eigenvalue weighted by molar-refractivity contribution is 0.356. The van der Waals surface area contributed by atoms with Gasteiger partial charge in [0.1, 0.15) is 5.75 Å². The van der Waals surface area contributed by atoms with Crippen LogP contribution in [-0.2, 0) is 16.4 Å². The maximum absolute atomic E-state index is 12.6. The second-order valence-electron chi connectivity index (χ2n) is 6.86. The zero-order chi connectivity index (χ0) is 18.0. The number of ether oxygens (including phenoxy) is 1. The minimum Gasteiger partial charge on any atom is -0.493 e. The third-order valence-corrected chi connectivity index (χ3v) is 6.58. The fourth-order valence-electron chi connectivity index (χ4n) is 3.58. The van der Waals surface area contributed by atoms with Crippen LogP contribution in [0.4, 0.5) is 5.69 Å². The number of rotatable bonds is 5. The summed E-state index contributed by atoms with van der Waals surface area (Å²) in [5.74, 6) is 1.15. The number of benzene rings is 1. The van der Waals surface area contributed by atoms with Crippen LogP contribution in [0, 0.1) is 5.92 Å². The van der Waals surface area contributed by atoms with E-state index in [2.05, 4.69) is 20.7 Å². The minimum absolute atomic E-state index is 0.328. The number of hydrogen-bond acceptors (Lipinski definition) is 5. The summed E-state index contributed by atoms with van der Waals surface area (Å²) in [6.07, 6.45) is 6.35. The van der Waals surface area contributed by atoms with E-state index in [0.717, 1.165) is 49.4 Å². The summed E-state index contributed by atoms with van der Waals surface area (Å²) in [6.45, 7) is 2.96. The summed E-state index contributed by atoms with van der Waals surface area (Å²) in [5.41, 5.74) is 2.10.